The van der Waals surface area contributed by atoms with E-state index in [-0.39, 0.29) is 28.8 Å². The number of carbonyl (C=O) groups excluding carboxylic acids is 1. The number of amides is 1. The fourth-order valence-electron chi connectivity index (χ4n) is 3.34. The van der Waals surface area contributed by atoms with Crippen LogP contribution in [-0.2, 0) is 13.2 Å². The van der Waals surface area contributed by atoms with Crippen LogP contribution in [0.25, 0.3) is 0 Å². The van der Waals surface area contributed by atoms with E-state index in [4.69, 9.17) is 20.8 Å². The highest BCUT2D eigenvalue weighted by molar-refractivity contribution is 6.31. The van der Waals surface area contributed by atoms with Gasteiger partial charge in [0.25, 0.3) is 5.91 Å². The van der Waals surface area contributed by atoms with Crippen LogP contribution in [0.15, 0.2) is 59.0 Å². The molecular weight excluding hydrogens is 479 g/mol. The summed E-state index contributed by atoms with van der Waals surface area (Å²) in [4.78, 5) is 23.3. The first-order valence-electron chi connectivity index (χ1n) is 10.5. The summed E-state index contributed by atoms with van der Waals surface area (Å²) in [6.07, 6.45) is 0. The van der Waals surface area contributed by atoms with Gasteiger partial charge in [0.05, 0.1) is 11.5 Å². The number of nitrogens with one attached hydrogen (secondary N) is 1. The average Bonchev–Trinajstić information content (AvgIpc) is 3.41. The van der Waals surface area contributed by atoms with Gasteiger partial charge in [0.15, 0.2) is 17.3 Å². The maximum Gasteiger partial charge on any atom is 0.311 e. The third-order valence-electron chi connectivity index (χ3n) is 5.12. The molecule has 0 radical (unpaired) electrons. The SMILES string of the molecule is Cc1ccc(OCc2ccc(C(=O)Nc3cc(C)n(Cc4ccc(F)cc4Cl)n3)o2)c([N+](=O)[O-])c1. The number of anilines is 1. The van der Waals surface area contributed by atoms with Crippen LogP contribution in [0, 0.1) is 29.8 Å². The molecule has 9 nitrogen and oxygen atoms in total. The molecule has 0 aliphatic heterocycles. The van der Waals surface area contributed by atoms with E-state index < -0.39 is 16.6 Å². The van der Waals surface area contributed by atoms with Crippen molar-refractivity contribution in [2.45, 2.75) is 27.0 Å². The number of ether oxygens (including phenoxy) is 1. The van der Waals surface area contributed by atoms with E-state index in [0.717, 1.165) is 11.3 Å². The molecule has 0 saturated carbocycles. The number of nitro benzene ring substituents is 1. The standard InChI is InChI=1S/C24H20ClFN4O5/c1-14-3-7-21(20(9-14)30(32)33)34-13-18-6-8-22(35-18)24(31)27-23-10-15(2)29(28-23)12-16-4-5-17(26)11-19(16)25/h3-11H,12-13H2,1-2H3,(H,27,28,31). The number of nitro groups is 1. The summed E-state index contributed by atoms with van der Waals surface area (Å²) in [5.74, 6) is -0.208. The van der Waals surface area contributed by atoms with E-state index in [1.54, 1.807) is 35.9 Å². The number of rotatable bonds is 8. The van der Waals surface area contributed by atoms with Gasteiger partial charge in [0.2, 0.25) is 0 Å². The first kappa shape index (κ1) is 24.0. The van der Waals surface area contributed by atoms with Crippen LogP contribution in [0.5, 0.6) is 5.75 Å². The molecule has 4 rings (SSSR count). The summed E-state index contributed by atoms with van der Waals surface area (Å²) in [7, 11) is 0. The molecule has 4 aromatic rings. The smallest absolute Gasteiger partial charge is 0.311 e. The number of aromatic nitrogens is 2. The second-order valence-electron chi connectivity index (χ2n) is 7.80. The Bertz CT molecular complexity index is 1410. The van der Waals surface area contributed by atoms with Gasteiger partial charge in [0.1, 0.15) is 18.2 Å². The van der Waals surface area contributed by atoms with Gasteiger partial charge >= 0.3 is 5.69 Å². The molecule has 2 aromatic carbocycles. The Balaban J connectivity index is 1.40. The molecule has 0 aliphatic rings. The van der Waals surface area contributed by atoms with E-state index in [1.807, 2.05) is 6.92 Å². The van der Waals surface area contributed by atoms with E-state index in [1.165, 1.54) is 30.3 Å². The number of furan rings is 1. The Kier molecular flexibility index (Phi) is 6.83. The molecule has 0 aliphatic carbocycles. The molecule has 0 atom stereocenters. The Labute approximate surface area is 204 Å². The van der Waals surface area contributed by atoms with E-state index in [2.05, 4.69) is 10.4 Å². The van der Waals surface area contributed by atoms with E-state index >= 15 is 0 Å². The van der Waals surface area contributed by atoms with Gasteiger partial charge in [0, 0.05) is 22.8 Å². The largest absolute Gasteiger partial charge is 0.479 e. The van der Waals surface area contributed by atoms with Crippen molar-refractivity contribution in [3.63, 3.8) is 0 Å². The lowest BCUT2D eigenvalue weighted by Crippen LogP contribution is -2.12. The molecule has 2 heterocycles. The van der Waals surface area contributed by atoms with Crippen LogP contribution in [-0.4, -0.2) is 20.6 Å². The van der Waals surface area contributed by atoms with Crippen LogP contribution in [0.3, 0.4) is 0 Å². The molecule has 0 bridgehead atoms. The first-order valence-corrected chi connectivity index (χ1v) is 10.8. The fraction of sp³-hybridized carbons (Fsp3) is 0.167. The fourth-order valence-corrected chi connectivity index (χ4v) is 3.57. The summed E-state index contributed by atoms with van der Waals surface area (Å²) < 4.78 is 26.0. The third-order valence-corrected chi connectivity index (χ3v) is 5.48. The molecular formula is C24H20ClFN4O5. The van der Waals surface area contributed by atoms with Crippen molar-refractivity contribution in [2.24, 2.45) is 0 Å². The van der Waals surface area contributed by atoms with Crippen molar-refractivity contribution in [3.05, 3.63) is 104 Å². The number of hydrogen-bond donors (Lipinski definition) is 1. The molecule has 1 amide bonds. The molecule has 11 heteroatoms. The van der Waals surface area contributed by atoms with Crippen molar-refractivity contribution in [2.75, 3.05) is 5.32 Å². The highest BCUT2D eigenvalue weighted by Gasteiger charge is 2.18. The summed E-state index contributed by atoms with van der Waals surface area (Å²) >= 11 is 6.09. The molecule has 1 N–H and O–H groups in total. The second-order valence-corrected chi connectivity index (χ2v) is 8.21. The lowest BCUT2D eigenvalue weighted by atomic mass is 10.2. The minimum absolute atomic E-state index is 0.0239. The second kappa shape index (κ2) is 9.98. The lowest BCUT2D eigenvalue weighted by Gasteiger charge is -2.06. The van der Waals surface area contributed by atoms with Gasteiger partial charge in [-0.05, 0) is 55.3 Å². The summed E-state index contributed by atoms with van der Waals surface area (Å²) in [6, 6.07) is 13.5. The predicted octanol–water partition coefficient (Wildman–Crippen LogP) is 5.67. The zero-order valence-corrected chi connectivity index (χ0v) is 19.5. The maximum atomic E-state index is 13.3. The summed E-state index contributed by atoms with van der Waals surface area (Å²) in [5.41, 5.74) is 2.03. The van der Waals surface area contributed by atoms with Crippen molar-refractivity contribution in [1.29, 1.82) is 0 Å². The zero-order valence-electron chi connectivity index (χ0n) is 18.7. The van der Waals surface area contributed by atoms with Gasteiger partial charge in [-0.2, -0.15) is 5.10 Å². The van der Waals surface area contributed by atoms with Crippen molar-refractivity contribution in [1.82, 2.24) is 9.78 Å². The van der Waals surface area contributed by atoms with Gasteiger partial charge in [-0.1, -0.05) is 23.7 Å². The van der Waals surface area contributed by atoms with Crippen molar-refractivity contribution in [3.8, 4) is 5.75 Å². The Morgan fingerprint density at radius 1 is 1.20 bits per heavy atom. The molecule has 35 heavy (non-hydrogen) atoms. The monoisotopic (exact) mass is 498 g/mol. The van der Waals surface area contributed by atoms with Crippen molar-refractivity contribution < 1.29 is 23.3 Å². The Morgan fingerprint density at radius 2 is 2.00 bits per heavy atom. The van der Waals surface area contributed by atoms with Crippen LogP contribution in [0.2, 0.25) is 5.02 Å². The van der Waals surface area contributed by atoms with Gasteiger partial charge in [-0.3, -0.25) is 19.6 Å². The maximum absolute atomic E-state index is 13.3. The minimum atomic E-state index is -0.526. The highest BCUT2D eigenvalue weighted by Crippen LogP contribution is 2.28. The number of aryl methyl sites for hydroxylation is 2. The quantitative estimate of drug-likeness (QED) is 0.247. The number of carbonyl (C=O) groups is 1. The molecule has 0 spiro atoms. The van der Waals surface area contributed by atoms with Gasteiger partial charge < -0.3 is 14.5 Å². The predicted molar refractivity (Wildman–Crippen MR) is 126 cm³/mol. The third kappa shape index (κ3) is 5.67. The van der Waals surface area contributed by atoms with Crippen LogP contribution in [0.4, 0.5) is 15.9 Å². The normalized spacial score (nSPS) is 10.9. The minimum Gasteiger partial charge on any atom is -0.479 e. The summed E-state index contributed by atoms with van der Waals surface area (Å²) in [6.45, 7) is 3.76. The van der Waals surface area contributed by atoms with Gasteiger partial charge in [-0.15, -0.1) is 0 Å². The lowest BCUT2D eigenvalue weighted by molar-refractivity contribution is -0.386. The topological polar surface area (TPSA) is 112 Å². The van der Waals surface area contributed by atoms with E-state index in [0.29, 0.717) is 23.7 Å². The molecule has 0 saturated heterocycles. The highest BCUT2D eigenvalue weighted by atomic mass is 35.5. The molecule has 2 aromatic heterocycles. The molecule has 0 fully saturated rings. The average molecular weight is 499 g/mol. The van der Waals surface area contributed by atoms with E-state index in [9.17, 15) is 19.3 Å². The number of nitrogens with zero attached hydrogens (tertiary/aromatic N) is 3. The number of benzene rings is 2. The van der Waals surface area contributed by atoms with Crippen LogP contribution in [0.1, 0.15) is 33.1 Å². The van der Waals surface area contributed by atoms with Crippen molar-refractivity contribution >= 4 is 29.0 Å². The first-order chi connectivity index (χ1) is 16.7. The van der Waals surface area contributed by atoms with Crippen LogP contribution < -0.4 is 10.1 Å². The summed E-state index contributed by atoms with van der Waals surface area (Å²) in [5, 5.41) is 18.5. The Morgan fingerprint density at radius 3 is 2.74 bits per heavy atom. The Hall–Kier alpha value is -4.18. The zero-order chi connectivity index (χ0) is 25.1. The number of hydrogen-bond acceptors (Lipinski definition) is 6. The van der Waals surface area contributed by atoms with Crippen LogP contribution >= 0.6 is 11.6 Å². The molecule has 180 valence electrons. The molecule has 0 unspecified atom stereocenters. The van der Waals surface area contributed by atoms with Gasteiger partial charge in [-0.25, -0.2) is 4.39 Å². The number of halogens is 2.